The first-order valence-electron chi connectivity index (χ1n) is 7.35. The Hall–Kier alpha value is -1.91. The van der Waals surface area contributed by atoms with E-state index >= 15 is 0 Å². The molecule has 0 aliphatic carbocycles. The minimum absolute atomic E-state index is 0.0463. The molecule has 1 aliphatic rings. The number of carbonyl (C=O) groups is 2. The molecule has 1 aromatic carbocycles. The van der Waals surface area contributed by atoms with Crippen LogP contribution in [0.3, 0.4) is 0 Å². The van der Waals surface area contributed by atoms with E-state index in [-0.39, 0.29) is 17.0 Å². The summed E-state index contributed by atoms with van der Waals surface area (Å²) in [7, 11) is 0. The fourth-order valence-corrected chi connectivity index (χ4v) is 2.77. The van der Waals surface area contributed by atoms with E-state index in [4.69, 9.17) is 5.11 Å². The number of rotatable bonds is 3. The highest BCUT2D eigenvalue weighted by Gasteiger charge is 2.23. The van der Waals surface area contributed by atoms with E-state index in [0.717, 1.165) is 31.7 Å². The molecule has 0 radical (unpaired) electrons. The highest BCUT2D eigenvalue weighted by atomic mass is 19.1. The maximum atomic E-state index is 13.9. The molecule has 2 rings (SSSR count). The van der Waals surface area contributed by atoms with Crippen molar-refractivity contribution in [1.82, 2.24) is 4.90 Å². The summed E-state index contributed by atoms with van der Waals surface area (Å²) < 4.78 is 13.9. The summed E-state index contributed by atoms with van der Waals surface area (Å²) in [6, 6.07) is 3.44. The monoisotopic (exact) mass is 293 g/mol. The summed E-state index contributed by atoms with van der Waals surface area (Å²) in [4.78, 5) is 24.9. The minimum Gasteiger partial charge on any atom is -0.478 e. The van der Waals surface area contributed by atoms with Gasteiger partial charge in [-0.3, -0.25) is 4.79 Å². The van der Waals surface area contributed by atoms with Crippen molar-refractivity contribution in [2.75, 3.05) is 13.1 Å². The minimum atomic E-state index is -1.20. The molecule has 1 aliphatic heterocycles. The smallest absolute Gasteiger partial charge is 0.335 e. The Bertz CT molecular complexity index is 544. The van der Waals surface area contributed by atoms with Crippen molar-refractivity contribution in [3.8, 4) is 0 Å². The number of aromatic carboxylic acids is 1. The summed E-state index contributed by atoms with van der Waals surface area (Å²) in [5.74, 6) is -1.69. The molecular weight excluding hydrogens is 273 g/mol. The molecule has 21 heavy (non-hydrogen) atoms. The second-order valence-corrected chi connectivity index (χ2v) is 5.50. The van der Waals surface area contributed by atoms with Crippen LogP contribution in [0.2, 0.25) is 0 Å². The van der Waals surface area contributed by atoms with Crippen molar-refractivity contribution in [3.63, 3.8) is 0 Å². The number of nitrogens with zero attached hydrogens (tertiary/aromatic N) is 1. The topological polar surface area (TPSA) is 57.6 Å². The average molecular weight is 293 g/mol. The summed E-state index contributed by atoms with van der Waals surface area (Å²) in [6.45, 7) is 3.42. The standard InChI is InChI=1S/C16H20FNO3/c1-2-11-4-3-8-18(9-7-11)15(19)13-6-5-12(16(20)21)10-14(13)17/h5-6,10-11H,2-4,7-9H2,1H3,(H,20,21). The molecule has 0 spiro atoms. The quantitative estimate of drug-likeness (QED) is 0.931. The van der Waals surface area contributed by atoms with Gasteiger partial charge in [0.05, 0.1) is 11.1 Å². The molecule has 1 saturated heterocycles. The molecule has 1 amide bonds. The zero-order valence-electron chi connectivity index (χ0n) is 12.1. The lowest BCUT2D eigenvalue weighted by Gasteiger charge is -2.21. The SMILES string of the molecule is CCC1CCCN(C(=O)c2ccc(C(=O)O)cc2F)CC1. The van der Waals surface area contributed by atoms with Gasteiger partial charge in [0, 0.05) is 13.1 Å². The van der Waals surface area contributed by atoms with Gasteiger partial charge in [-0.2, -0.15) is 0 Å². The second kappa shape index (κ2) is 6.70. The van der Waals surface area contributed by atoms with Crippen LogP contribution in [0.1, 0.15) is 53.3 Å². The molecule has 0 saturated carbocycles. The number of likely N-dealkylation sites (tertiary alicyclic amines) is 1. The molecule has 1 atom stereocenters. The van der Waals surface area contributed by atoms with Crippen LogP contribution in [0, 0.1) is 11.7 Å². The van der Waals surface area contributed by atoms with Crippen molar-refractivity contribution in [2.24, 2.45) is 5.92 Å². The summed E-state index contributed by atoms with van der Waals surface area (Å²) in [5, 5.41) is 8.82. The van der Waals surface area contributed by atoms with Crippen molar-refractivity contribution < 1.29 is 19.1 Å². The predicted octanol–water partition coefficient (Wildman–Crippen LogP) is 3.18. The number of carboxylic acids is 1. The second-order valence-electron chi connectivity index (χ2n) is 5.50. The Balaban J connectivity index is 2.14. The fraction of sp³-hybridized carbons (Fsp3) is 0.500. The molecule has 1 fully saturated rings. The molecular formula is C16H20FNO3. The van der Waals surface area contributed by atoms with Gasteiger partial charge in [0.2, 0.25) is 0 Å². The zero-order chi connectivity index (χ0) is 15.4. The third-order valence-corrected chi connectivity index (χ3v) is 4.16. The number of hydrogen-bond acceptors (Lipinski definition) is 2. The van der Waals surface area contributed by atoms with E-state index < -0.39 is 11.8 Å². The lowest BCUT2D eigenvalue weighted by Crippen LogP contribution is -2.32. The molecule has 114 valence electrons. The molecule has 1 N–H and O–H groups in total. The Labute approximate surface area is 123 Å². The third kappa shape index (κ3) is 3.60. The molecule has 4 nitrogen and oxygen atoms in total. The summed E-state index contributed by atoms with van der Waals surface area (Å²) in [6.07, 6.45) is 4.07. The van der Waals surface area contributed by atoms with E-state index in [9.17, 15) is 14.0 Å². The maximum absolute atomic E-state index is 13.9. The van der Waals surface area contributed by atoms with Gasteiger partial charge >= 0.3 is 5.97 Å². The van der Waals surface area contributed by atoms with E-state index in [1.54, 1.807) is 4.90 Å². The fourth-order valence-electron chi connectivity index (χ4n) is 2.77. The number of amides is 1. The van der Waals surface area contributed by atoms with Gasteiger partial charge in [-0.25, -0.2) is 9.18 Å². The average Bonchev–Trinajstić information content (AvgIpc) is 2.71. The molecule has 1 heterocycles. The first-order valence-corrected chi connectivity index (χ1v) is 7.35. The number of hydrogen-bond donors (Lipinski definition) is 1. The lowest BCUT2D eigenvalue weighted by molar-refractivity contribution is 0.0692. The Morgan fingerprint density at radius 1 is 1.33 bits per heavy atom. The van der Waals surface area contributed by atoms with Gasteiger partial charge < -0.3 is 10.0 Å². The molecule has 1 unspecified atom stereocenters. The van der Waals surface area contributed by atoms with E-state index in [2.05, 4.69) is 6.92 Å². The van der Waals surface area contributed by atoms with Gasteiger partial charge in [0.25, 0.3) is 5.91 Å². The Morgan fingerprint density at radius 2 is 2.10 bits per heavy atom. The van der Waals surface area contributed by atoms with Crippen LogP contribution in [0.25, 0.3) is 0 Å². The number of carboxylic acid groups (broad SMARTS) is 1. The van der Waals surface area contributed by atoms with Crippen molar-refractivity contribution >= 4 is 11.9 Å². The van der Waals surface area contributed by atoms with Crippen LogP contribution >= 0.6 is 0 Å². The van der Waals surface area contributed by atoms with Crippen LogP contribution in [0.5, 0.6) is 0 Å². The van der Waals surface area contributed by atoms with E-state index in [0.29, 0.717) is 19.0 Å². The normalized spacial score (nSPS) is 19.1. The Morgan fingerprint density at radius 3 is 2.71 bits per heavy atom. The summed E-state index contributed by atoms with van der Waals surface area (Å²) in [5.41, 5.74) is -0.194. The number of halogens is 1. The van der Waals surface area contributed by atoms with E-state index in [1.165, 1.54) is 12.1 Å². The van der Waals surface area contributed by atoms with Crippen molar-refractivity contribution in [2.45, 2.75) is 32.6 Å². The zero-order valence-corrected chi connectivity index (χ0v) is 12.1. The van der Waals surface area contributed by atoms with Gasteiger partial charge in [0.1, 0.15) is 5.82 Å². The molecule has 1 aromatic rings. The van der Waals surface area contributed by atoms with Crippen molar-refractivity contribution in [3.05, 3.63) is 35.1 Å². The molecule has 0 bridgehead atoms. The van der Waals surface area contributed by atoms with Crippen LogP contribution in [-0.2, 0) is 0 Å². The van der Waals surface area contributed by atoms with Gasteiger partial charge in [-0.1, -0.05) is 13.3 Å². The van der Waals surface area contributed by atoms with E-state index in [1.807, 2.05) is 0 Å². The molecule has 0 aromatic heterocycles. The van der Waals surface area contributed by atoms with Crippen molar-refractivity contribution in [1.29, 1.82) is 0 Å². The first-order chi connectivity index (χ1) is 10.0. The number of benzene rings is 1. The highest BCUT2D eigenvalue weighted by Crippen LogP contribution is 2.22. The van der Waals surface area contributed by atoms with Crippen LogP contribution in [0.4, 0.5) is 4.39 Å². The molecule has 5 heteroatoms. The lowest BCUT2D eigenvalue weighted by atomic mass is 9.98. The summed E-state index contributed by atoms with van der Waals surface area (Å²) >= 11 is 0. The predicted molar refractivity (Wildman–Crippen MR) is 76.9 cm³/mol. The van der Waals surface area contributed by atoms with Crippen LogP contribution in [-0.4, -0.2) is 35.0 Å². The van der Waals surface area contributed by atoms with Crippen LogP contribution < -0.4 is 0 Å². The van der Waals surface area contributed by atoms with Gasteiger partial charge in [-0.15, -0.1) is 0 Å². The Kier molecular flexibility index (Phi) is 4.94. The third-order valence-electron chi connectivity index (χ3n) is 4.16. The van der Waals surface area contributed by atoms with Gasteiger partial charge in [-0.05, 0) is 43.4 Å². The highest BCUT2D eigenvalue weighted by molar-refractivity contribution is 5.96. The number of carbonyl (C=O) groups excluding carboxylic acids is 1. The maximum Gasteiger partial charge on any atom is 0.335 e. The first kappa shape index (κ1) is 15.5. The van der Waals surface area contributed by atoms with Crippen LogP contribution in [0.15, 0.2) is 18.2 Å². The largest absolute Gasteiger partial charge is 0.478 e. The van der Waals surface area contributed by atoms with Gasteiger partial charge in [0.15, 0.2) is 0 Å².